The molecule has 3 rings (SSSR count). The molecule has 0 bridgehead atoms. The third-order valence-electron chi connectivity index (χ3n) is 4.78. The second-order valence-electron chi connectivity index (χ2n) is 6.31. The van der Waals surface area contributed by atoms with Gasteiger partial charge in [-0.25, -0.2) is 9.97 Å². The van der Waals surface area contributed by atoms with Gasteiger partial charge in [-0.1, -0.05) is 24.3 Å². The molecule has 0 spiro atoms. The second-order valence-corrected chi connectivity index (χ2v) is 6.31. The lowest BCUT2D eigenvalue weighted by Gasteiger charge is -2.45. The molecule has 0 amide bonds. The Morgan fingerprint density at radius 2 is 1.86 bits per heavy atom. The molecule has 0 aliphatic carbocycles. The highest BCUT2D eigenvalue weighted by Crippen LogP contribution is 2.26. The maximum Gasteiger partial charge on any atom is 0.135 e. The van der Waals surface area contributed by atoms with Crippen molar-refractivity contribution in [2.45, 2.75) is 33.4 Å². The Kier molecular flexibility index (Phi) is 4.12. The summed E-state index contributed by atoms with van der Waals surface area (Å²) in [5.74, 6) is 1.09. The number of nitrogens with zero attached hydrogens (tertiary/aromatic N) is 4. The van der Waals surface area contributed by atoms with Gasteiger partial charge in [-0.2, -0.15) is 0 Å². The van der Waals surface area contributed by atoms with Crippen LogP contribution in [0.2, 0.25) is 0 Å². The van der Waals surface area contributed by atoms with E-state index < -0.39 is 0 Å². The van der Waals surface area contributed by atoms with Crippen molar-refractivity contribution in [2.75, 3.05) is 25.0 Å². The molecule has 2 aromatic rings. The number of hydrogen-bond donors (Lipinski definition) is 0. The van der Waals surface area contributed by atoms with Gasteiger partial charge < -0.3 is 4.90 Å². The molecular formula is C18H24N4. The first-order chi connectivity index (χ1) is 10.6. The van der Waals surface area contributed by atoms with Gasteiger partial charge in [-0.05, 0) is 38.9 Å². The minimum atomic E-state index is 0.592. The number of likely N-dealkylation sites (N-methyl/N-ethyl adjacent to an activating group) is 1. The second kappa shape index (κ2) is 6.05. The highest BCUT2D eigenvalue weighted by atomic mass is 15.3. The van der Waals surface area contributed by atoms with Crippen molar-refractivity contribution >= 4 is 5.82 Å². The number of aryl methyl sites for hydroxylation is 2. The summed E-state index contributed by atoms with van der Waals surface area (Å²) in [5.41, 5.74) is 5.05. The Morgan fingerprint density at radius 1 is 1.14 bits per heavy atom. The fourth-order valence-electron chi connectivity index (χ4n) is 2.94. The maximum atomic E-state index is 4.45. The van der Waals surface area contributed by atoms with Gasteiger partial charge in [0.25, 0.3) is 0 Å². The van der Waals surface area contributed by atoms with Gasteiger partial charge in [0.1, 0.15) is 12.1 Å². The van der Waals surface area contributed by atoms with Crippen LogP contribution in [-0.4, -0.2) is 41.0 Å². The van der Waals surface area contributed by atoms with Gasteiger partial charge in [0.15, 0.2) is 0 Å². The van der Waals surface area contributed by atoms with E-state index in [4.69, 9.17) is 0 Å². The first kappa shape index (κ1) is 15.0. The highest BCUT2D eigenvalue weighted by Gasteiger charge is 2.32. The van der Waals surface area contributed by atoms with E-state index in [1.54, 1.807) is 6.33 Å². The van der Waals surface area contributed by atoms with Crippen LogP contribution in [0, 0.1) is 20.8 Å². The van der Waals surface area contributed by atoms with Gasteiger partial charge >= 0.3 is 0 Å². The predicted octanol–water partition coefficient (Wildman–Crippen LogP) is 2.72. The zero-order valence-corrected chi connectivity index (χ0v) is 13.9. The number of aromatic nitrogens is 2. The van der Waals surface area contributed by atoms with Gasteiger partial charge in [0, 0.05) is 36.9 Å². The summed E-state index contributed by atoms with van der Waals surface area (Å²) in [6.45, 7) is 9.42. The number of hydrogen-bond acceptors (Lipinski definition) is 4. The summed E-state index contributed by atoms with van der Waals surface area (Å²) in [4.78, 5) is 13.5. The van der Waals surface area contributed by atoms with E-state index >= 15 is 0 Å². The third-order valence-corrected chi connectivity index (χ3v) is 4.78. The summed E-state index contributed by atoms with van der Waals surface area (Å²) < 4.78 is 0. The summed E-state index contributed by atoms with van der Waals surface area (Å²) in [6, 6.07) is 9.22. The Balaban J connectivity index is 1.61. The van der Waals surface area contributed by atoms with Crippen LogP contribution in [0.3, 0.4) is 0 Å². The molecule has 4 nitrogen and oxygen atoms in total. The molecule has 0 radical (unpaired) electrons. The van der Waals surface area contributed by atoms with Crippen LogP contribution < -0.4 is 4.90 Å². The summed E-state index contributed by atoms with van der Waals surface area (Å²) in [5, 5.41) is 0. The fraction of sp³-hybridized carbons (Fsp3) is 0.444. The van der Waals surface area contributed by atoms with Crippen LogP contribution in [0.5, 0.6) is 0 Å². The van der Waals surface area contributed by atoms with Crippen LogP contribution in [0.25, 0.3) is 0 Å². The van der Waals surface area contributed by atoms with Crippen molar-refractivity contribution in [1.82, 2.24) is 14.9 Å². The minimum Gasteiger partial charge on any atom is -0.353 e. The largest absolute Gasteiger partial charge is 0.353 e. The van der Waals surface area contributed by atoms with E-state index in [1.807, 2.05) is 6.92 Å². The Bertz CT molecular complexity index is 662. The van der Waals surface area contributed by atoms with Gasteiger partial charge in [-0.15, -0.1) is 0 Å². The van der Waals surface area contributed by atoms with E-state index in [0.717, 1.165) is 31.1 Å². The summed E-state index contributed by atoms with van der Waals surface area (Å²) in [7, 11) is 2.21. The van der Waals surface area contributed by atoms with Crippen molar-refractivity contribution in [1.29, 1.82) is 0 Å². The lowest BCUT2D eigenvalue weighted by atomic mass is 10.0. The van der Waals surface area contributed by atoms with Crippen LogP contribution in [0.1, 0.15) is 22.4 Å². The first-order valence-electron chi connectivity index (χ1n) is 7.84. The lowest BCUT2D eigenvalue weighted by molar-refractivity contribution is 0.196. The van der Waals surface area contributed by atoms with Crippen LogP contribution in [-0.2, 0) is 6.54 Å². The van der Waals surface area contributed by atoms with Gasteiger partial charge in [0.2, 0.25) is 0 Å². The van der Waals surface area contributed by atoms with Crippen molar-refractivity contribution in [2.24, 2.45) is 0 Å². The van der Waals surface area contributed by atoms with Crippen LogP contribution in [0.15, 0.2) is 30.6 Å². The quantitative estimate of drug-likeness (QED) is 0.868. The Labute approximate surface area is 132 Å². The number of anilines is 1. The molecule has 1 saturated heterocycles. The minimum absolute atomic E-state index is 0.592. The average molecular weight is 296 g/mol. The predicted molar refractivity (Wildman–Crippen MR) is 90.2 cm³/mol. The number of rotatable bonds is 4. The van der Waals surface area contributed by atoms with Crippen molar-refractivity contribution in [3.63, 3.8) is 0 Å². The molecule has 4 heteroatoms. The SMILES string of the molecule is Cc1ccccc1CN(C)C1CN(c2ncnc(C)c2C)C1. The summed E-state index contributed by atoms with van der Waals surface area (Å²) >= 11 is 0. The topological polar surface area (TPSA) is 32.3 Å². The standard InChI is InChI=1S/C18H24N4/c1-13-7-5-6-8-16(13)9-21(4)17-10-22(11-17)18-14(2)15(3)19-12-20-18/h5-8,12,17H,9-11H2,1-4H3. The molecule has 1 aliphatic rings. The molecule has 1 aliphatic heterocycles. The molecule has 0 unspecified atom stereocenters. The van der Waals surface area contributed by atoms with E-state index in [2.05, 4.69) is 64.9 Å². The highest BCUT2D eigenvalue weighted by molar-refractivity contribution is 5.50. The van der Waals surface area contributed by atoms with Crippen molar-refractivity contribution < 1.29 is 0 Å². The Hall–Kier alpha value is -1.94. The summed E-state index contributed by atoms with van der Waals surface area (Å²) in [6.07, 6.45) is 1.67. The molecule has 1 aromatic heterocycles. The van der Waals surface area contributed by atoms with E-state index in [-0.39, 0.29) is 0 Å². The first-order valence-corrected chi connectivity index (χ1v) is 7.84. The Morgan fingerprint density at radius 3 is 2.59 bits per heavy atom. The lowest BCUT2D eigenvalue weighted by Crippen LogP contribution is -2.58. The molecule has 0 saturated carbocycles. The maximum absolute atomic E-state index is 4.45. The van der Waals surface area contributed by atoms with E-state index in [9.17, 15) is 0 Å². The zero-order chi connectivity index (χ0) is 15.7. The molecule has 1 aromatic carbocycles. The van der Waals surface area contributed by atoms with Crippen LogP contribution in [0.4, 0.5) is 5.82 Å². The third kappa shape index (κ3) is 2.83. The van der Waals surface area contributed by atoms with Crippen LogP contribution >= 0.6 is 0 Å². The van der Waals surface area contributed by atoms with Gasteiger partial charge in [-0.3, -0.25) is 4.90 Å². The molecule has 0 N–H and O–H groups in total. The molecule has 1 fully saturated rings. The number of benzene rings is 1. The van der Waals surface area contributed by atoms with Crippen molar-refractivity contribution in [3.05, 3.63) is 53.0 Å². The normalized spacial score (nSPS) is 15.2. The fourth-order valence-corrected chi connectivity index (χ4v) is 2.94. The molecular weight excluding hydrogens is 272 g/mol. The molecule has 0 atom stereocenters. The van der Waals surface area contributed by atoms with Gasteiger partial charge in [0.05, 0.1) is 0 Å². The molecule has 2 heterocycles. The van der Waals surface area contributed by atoms with Crippen molar-refractivity contribution in [3.8, 4) is 0 Å². The molecule has 22 heavy (non-hydrogen) atoms. The smallest absolute Gasteiger partial charge is 0.135 e. The monoisotopic (exact) mass is 296 g/mol. The van der Waals surface area contributed by atoms with E-state index in [0.29, 0.717) is 6.04 Å². The zero-order valence-electron chi connectivity index (χ0n) is 13.9. The van der Waals surface area contributed by atoms with E-state index in [1.165, 1.54) is 16.7 Å². The molecule has 116 valence electrons. The average Bonchev–Trinajstić information content (AvgIpc) is 2.44.